The summed E-state index contributed by atoms with van der Waals surface area (Å²) in [5.74, 6) is -0.797. The Bertz CT molecular complexity index is 717. The summed E-state index contributed by atoms with van der Waals surface area (Å²) in [6.45, 7) is 0.408. The molecule has 134 valence electrons. The van der Waals surface area contributed by atoms with E-state index >= 15 is 0 Å². The Labute approximate surface area is 135 Å². The number of anilines is 1. The minimum atomic E-state index is -4.81. The van der Waals surface area contributed by atoms with Crippen LogP contribution in [-0.4, -0.2) is 55.3 Å². The number of esters is 1. The van der Waals surface area contributed by atoms with Crippen molar-refractivity contribution >= 4 is 19.6 Å². The molecule has 0 bridgehead atoms. The third-order valence-electron chi connectivity index (χ3n) is 3.14. The molecule has 1 aromatic rings. The van der Waals surface area contributed by atoms with Gasteiger partial charge in [0, 0.05) is 13.1 Å². The van der Waals surface area contributed by atoms with Gasteiger partial charge in [-0.05, 0) is 6.07 Å². The molecular weight excluding hydrogens is 349 g/mol. The summed E-state index contributed by atoms with van der Waals surface area (Å²) in [4.78, 5) is 44.0. The zero-order chi connectivity index (χ0) is 18.1. The number of aromatic nitrogens is 2. The van der Waals surface area contributed by atoms with Crippen molar-refractivity contribution in [1.29, 1.82) is 0 Å². The van der Waals surface area contributed by atoms with E-state index < -0.39 is 50.6 Å². The maximum Gasteiger partial charge on any atom is 0.469 e. The van der Waals surface area contributed by atoms with Crippen LogP contribution in [0.3, 0.4) is 0 Å². The molecule has 0 unspecified atom stereocenters. The van der Waals surface area contributed by atoms with Gasteiger partial charge in [0.2, 0.25) is 0 Å². The summed E-state index contributed by atoms with van der Waals surface area (Å²) < 4.78 is 26.3. The second kappa shape index (κ2) is 6.97. The lowest BCUT2D eigenvalue weighted by Gasteiger charge is -2.20. The lowest BCUT2D eigenvalue weighted by Crippen LogP contribution is -2.39. The van der Waals surface area contributed by atoms with Gasteiger partial charge in [-0.2, -0.15) is 4.98 Å². The first-order valence-corrected chi connectivity index (χ1v) is 8.17. The number of phosphoric acid groups is 1. The van der Waals surface area contributed by atoms with Crippen molar-refractivity contribution in [2.24, 2.45) is 0 Å². The van der Waals surface area contributed by atoms with Crippen LogP contribution < -0.4 is 11.4 Å². The van der Waals surface area contributed by atoms with E-state index in [0.29, 0.717) is 0 Å². The van der Waals surface area contributed by atoms with Crippen LogP contribution in [0.15, 0.2) is 17.1 Å². The Hall–Kier alpha value is -1.82. The fourth-order valence-corrected chi connectivity index (χ4v) is 2.55. The molecule has 1 aliphatic heterocycles. The third-order valence-corrected chi connectivity index (χ3v) is 3.63. The van der Waals surface area contributed by atoms with Gasteiger partial charge in [-0.1, -0.05) is 0 Å². The Morgan fingerprint density at radius 2 is 2.21 bits per heavy atom. The minimum Gasteiger partial charge on any atom is -0.457 e. The third kappa shape index (κ3) is 4.38. The molecular formula is C11H16N3O9P. The second-order valence-electron chi connectivity index (χ2n) is 4.96. The summed E-state index contributed by atoms with van der Waals surface area (Å²) in [6, 6.07) is 1.29. The van der Waals surface area contributed by atoms with Crippen LogP contribution in [0.25, 0.3) is 0 Å². The first-order chi connectivity index (χ1) is 11.1. The Morgan fingerprint density at radius 1 is 1.54 bits per heavy atom. The van der Waals surface area contributed by atoms with Crippen LogP contribution in [-0.2, 0) is 23.4 Å². The Morgan fingerprint density at radius 3 is 2.75 bits per heavy atom. The van der Waals surface area contributed by atoms with Crippen LogP contribution in [0.5, 0.6) is 0 Å². The summed E-state index contributed by atoms with van der Waals surface area (Å²) in [7, 11) is -4.81. The first-order valence-electron chi connectivity index (χ1n) is 6.64. The monoisotopic (exact) mass is 365 g/mol. The van der Waals surface area contributed by atoms with E-state index in [9.17, 15) is 19.3 Å². The number of aliphatic hydroxyl groups excluding tert-OH is 1. The molecule has 1 aliphatic rings. The van der Waals surface area contributed by atoms with E-state index in [1.54, 1.807) is 0 Å². The van der Waals surface area contributed by atoms with Gasteiger partial charge < -0.3 is 30.1 Å². The molecule has 0 aliphatic carbocycles. The van der Waals surface area contributed by atoms with Crippen molar-refractivity contribution in [3.63, 3.8) is 0 Å². The molecule has 1 saturated heterocycles. The fourth-order valence-electron chi connectivity index (χ4n) is 2.21. The normalized spacial score (nSPS) is 27.2. The lowest BCUT2D eigenvalue weighted by molar-refractivity contribution is -0.153. The number of rotatable bonds is 5. The highest BCUT2D eigenvalue weighted by Crippen LogP contribution is 2.38. The average Bonchev–Trinajstić information content (AvgIpc) is 2.73. The van der Waals surface area contributed by atoms with Gasteiger partial charge in [0.15, 0.2) is 12.3 Å². The number of aliphatic hydroxyl groups is 1. The zero-order valence-electron chi connectivity index (χ0n) is 12.4. The van der Waals surface area contributed by atoms with E-state index in [-0.39, 0.29) is 5.82 Å². The first kappa shape index (κ1) is 18.5. The summed E-state index contributed by atoms with van der Waals surface area (Å²) in [6.07, 6.45) is -4.10. The van der Waals surface area contributed by atoms with Crippen molar-refractivity contribution in [3.8, 4) is 0 Å². The maximum absolute atomic E-state index is 11.8. The van der Waals surface area contributed by atoms with E-state index in [0.717, 1.165) is 11.5 Å². The predicted molar refractivity (Wildman–Crippen MR) is 76.4 cm³/mol. The molecule has 0 spiro atoms. The molecule has 5 N–H and O–H groups in total. The molecule has 1 fully saturated rings. The fraction of sp³-hybridized carbons (Fsp3) is 0.545. The molecule has 13 heteroatoms. The van der Waals surface area contributed by atoms with Crippen molar-refractivity contribution < 1.29 is 38.3 Å². The number of hydrogen-bond acceptors (Lipinski definition) is 9. The number of nitrogens with two attached hydrogens (primary N) is 1. The van der Waals surface area contributed by atoms with Gasteiger partial charge in [-0.25, -0.2) is 9.36 Å². The molecule has 0 aromatic carbocycles. The van der Waals surface area contributed by atoms with Gasteiger partial charge in [-0.3, -0.25) is 13.9 Å². The lowest BCUT2D eigenvalue weighted by atomic mass is 10.1. The maximum atomic E-state index is 11.8. The molecule has 2 rings (SSSR count). The molecule has 4 atom stereocenters. The number of hydrogen-bond donors (Lipinski definition) is 4. The highest BCUT2D eigenvalue weighted by molar-refractivity contribution is 7.46. The van der Waals surface area contributed by atoms with E-state index in [2.05, 4.69) is 9.51 Å². The molecule has 0 saturated carbocycles. The number of carbonyl (C=O) groups is 1. The number of nitrogen functional groups attached to an aromatic ring is 1. The van der Waals surface area contributed by atoms with E-state index in [1.165, 1.54) is 12.3 Å². The summed E-state index contributed by atoms with van der Waals surface area (Å²) >= 11 is 0. The summed E-state index contributed by atoms with van der Waals surface area (Å²) in [5.41, 5.74) is 4.55. The summed E-state index contributed by atoms with van der Waals surface area (Å²) in [5, 5.41) is 10.3. The van der Waals surface area contributed by atoms with Crippen molar-refractivity contribution in [3.05, 3.63) is 22.7 Å². The van der Waals surface area contributed by atoms with Gasteiger partial charge in [-0.15, -0.1) is 0 Å². The van der Waals surface area contributed by atoms with Crippen LogP contribution in [0.1, 0.15) is 13.2 Å². The number of phosphoric ester groups is 1. The quantitative estimate of drug-likeness (QED) is 0.338. The topological polar surface area (TPSA) is 183 Å². The number of carbonyl (C=O) groups excluding carboxylic acids is 1. The average molecular weight is 365 g/mol. The zero-order valence-corrected chi connectivity index (χ0v) is 13.3. The Balaban J connectivity index is 2.26. The minimum absolute atomic E-state index is 0.0401. The molecule has 0 amide bonds. The van der Waals surface area contributed by atoms with Crippen molar-refractivity contribution in [1.82, 2.24) is 9.55 Å². The van der Waals surface area contributed by atoms with Crippen LogP contribution in [0.4, 0.5) is 5.82 Å². The molecule has 12 nitrogen and oxygen atoms in total. The van der Waals surface area contributed by atoms with Gasteiger partial charge in [0.25, 0.3) is 0 Å². The van der Waals surface area contributed by atoms with Gasteiger partial charge in [0.05, 0.1) is 6.61 Å². The number of nitrogens with zero attached hydrogens (tertiary/aromatic N) is 2. The Kier molecular flexibility index (Phi) is 5.38. The highest BCUT2D eigenvalue weighted by Gasteiger charge is 2.48. The van der Waals surface area contributed by atoms with Gasteiger partial charge in [0.1, 0.15) is 18.0 Å². The van der Waals surface area contributed by atoms with Crippen LogP contribution in [0.2, 0.25) is 0 Å². The second-order valence-corrected chi connectivity index (χ2v) is 6.20. The van der Waals surface area contributed by atoms with Crippen LogP contribution in [0, 0.1) is 0 Å². The van der Waals surface area contributed by atoms with E-state index in [1.807, 2.05) is 0 Å². The molecule has 1 aromatic heterocycles. The highest BCUT2D eigenvalue weighted by atomic mass is 31.2. The smallest absolute Gasteiger partial charge is 0.457 e. The largest absolute Gasteiger partial charge is 0.469 e. The standard InChI is InChI=1S/C11H16N3O9P/c1-5(15)22-9-6(4-21-24(18,19)20)23-10(8(9)16)14-3-2-7(12)13-11(14)17/h2-3,6,8-10,16H,4H2,1H3,(H2,12,13,17)(H2,18,19,20)/t6-,8-,9-,10-/m1/s1. The molecule has 0 radical (unpaired) electrons. The molecule has 24 heavy (non-hydrogen) atoms. The SMILES string of the molecule is CC(=O)O[C@H]1[C@@H](O)[C@H](n2ccc(N)nc2=O)O[C@@H]1COP(=O)(O)O. The predicted octanol–water partition coefficient (Wildman–Crippen LogP) is -1.88. The van der Waals surface area contributed by atoms with Crippen LogP contribution >= 0.6 is 7.82 Å². The number of ether oxygens (including phenoxy) is 2. The van der Waals surface area contributed by atoms with Gasteiger partial charge >= 0.3 is 19.5 Å². The van der Waals surface area contributed by atoms with Crippen molar-refractivity contribution in [2.45, 2.75) is 31.5 Å². The van der Waals surface area contributed by atoms with Crippen molar-refractivity contribution in [2.75, 3.05) is 12.3 Å². The van der Waals surface area contributed by atoms with E-state index in [4.69, 9.17) is 25.0 Å². The molecule has 2 heterocycles.